The van der Waals surface area contributed by atoms with E-state index < -0.39 is 11.9 Å². The summed E-state index contributed by atoms with van der Waals surface area (Å²) >= 11 is 0. The molecule has 6 nitrogen and oxygen atoms in total. The molecule has 0 aliphatic heterocycles. The summed E-state index contributed by atoms with van der Waals surface area (Å²) in [4.78, 5) is 23.0. The maximum Gasteiger partial charge on any atom is 0.337 e. The lowest BCUT2D eigenvalue weighted by Crippen LogP contribution is -2.27. The van der Waals surface area contributed by atoms with Gasteiger partial charge in [0.2, 0.25) is 0 Å². The lowest BCUT2D eigenvalue weighted by molar-refractivity contribution is -0.117. The van der Waals surface area contributed by atoms with Crippen molar-refractivity contribution in [3.05, 3.63) is 41.0 Å². The first-order chi connectivity index (χ1) is 10.1. The van der Waals surface area contributed by atoms with Gasteiger partial charge in [-0.3, -0.25) is 4.79 Å². The lowest BCUT2D eigenvalue weighted by Gasteiger charge is -2.03. The van der Waals surface area contributed by atoms with Gasteiger partial charge in [0.15, 0.2) is 0 Å². The van der Waals surface area contributed by atoms with E-state index in [2.05, 4.69) is 10.1 Å². The molecule has 0 fully saturated rings. The molecule has 0 saturated heterocycles. The van der Waals surface area contributed by atoms with Gasteiger partial charge >= 0.3 is 5.97 Å². The van der Waals surface area contributed by atoms with Gasteiger partial charge in [0.1, 0.15) is 11.6 Å². The van der Waals surface area contributed by atoms with Crippen LogP contribution in [0.3, 0.4) is 0 Å². The number of nitriles is 1. The highest BCUT2D eigenvalue weighted by Gasteiger charge is 2.09. The van der Waals surface area contributed by atoms with E-state index in [9.17, 15) is 9.59 Å². The number of carbonyl (C=O) groups excluding carboxylic acids is 2. The zero-order valence-corrected chi connectivity index (χ0v) is 11.9. The smallest absolute Gasteiger partial charge is 0.337 e. The monoisotopic (exact) mass is 288 g/mol. The molecule has 0 spiro atoms. The van der Waals surface area contributed by atoms with Crippen molar-refractivity contribution < 1.29 is 19.1 Å². The largest absolute Gasteiger partial charge is 0.465 e. The zero-order chi connectivity index (χ0) is 15.7. The summed E-state index contributed by atoms with van der Waals surface area (Å²) < 4.78 is 9.40. The van der Waals surface area contributed by atoms with Crippen LogP contribution in [0.5, 0.6) is 0 Å². The molecular formula is C15H16N2O4. The van der Waals surface area contributed by atoms with Crippen molar-refractivity contribution in [2.24, 2.45) is 0 Å². The Balaban J connectivity index is 2.81. The van der Waals surface area contributed by atoms with Crippen LogP contribution in [0.4, 0.5) is 0 Å². The second-order valence-corrected chi connectivity index (χ2v) is 4.03. The van der Waals surface area contributed by atoms with Crippen molar-refractivity contribution in [3.8, 4) is 6.07 Å². The molecule has 1 aromatic rings. The predicted molar refractivity (Wildman–Crippen MR) is 76.3 cm³/mol. The standard InChI is InChI=1S/C15H16N2O4/c1-20-8-7-17-14(18)13(10-16)9-11-3-5-12(6-4-11)15(19)21-2/h3-6,9H,7-8H2,1-2H3,(H,17,18)/b13-9+. The molecule has 1 N–H and O–H groups in total. The van der Waals surface area contributed by atoms with Gasteiger partial charge in [0, 0.05) is 13.7 Å². The highest BCUT2D eigenvalue weighted by Crippen LogP contribution is 2.10. The van der Waals surface area contributed by atoms with Gasteiger partial charge in [0.25, 0.3) is 5.91 Å². The minimum atomic E-state index is -0.466. The molecule has 21 heavy (non-hydrogen) atoms. The fourth-order valence-corrected chi connectivity index (χ4v) is 1.51. The number of benzene rings is 1. The molecule has 1 amide bonds. The number of amides is 1. The fraction of sp³-hybridized carbons (Fsp3) is 0.267. The van der Waals surface area contributed by atoms with Crippen molar-refractivity contribution >= 4 is 18.0 Å². The first-order valence-electron chi connectivity index (χ1n) is 6.19. The number of esters is 1. The average molecular weight is 288 g/mol. The van der Waals surface area contributed by atoms with Gasteiger partial charge < -0.3 is 14.8 Å². The van der Waals surface area contributed by atoms with Gasteiger partial charge in [-0.1, -0.05) is 12.1 Å². The van der Waals surface area contributed by atoms with Crippen LogP contribution in [-0.2, 0) is 14.3 Å². The summed E-state index contributed by atoms with van der Waals surface area (Å²) in [7, 11) is 2.82. The van der Waals surface area contributed by atoms with E-state index in [1.807, 2.05) is 6.07 Å². The minimum Gasteiger partial charge on any atom is -0.465 e. The Morgan fingerprint density at radius 2 is 1.95 bits per heavy atom. The van der Waals surface area contributed by atoms with Crippen LogP contribution in [0.25, 0.3) is 6.08 Å². The quantitative estimate of drug-likeness (QED) is 0.367. The SMILES string of the molecule is COCCNC(=O)/C(C#N)=C/c1ccc(C(=O)OC)cc1. The topological polar surface area (TPSA) is 88.4 Å². The number of nitrogens with zero attached hydrogens (tertiary/aromatic N) is 1. The van der Waals surface area contributed by atoms with Crippen molar-refractivity contribution in [3.63, 3.8) is 0 Å². The molecule has 1 rings (SSSR count). The Hall–Kier alpha value is -2.65. The van der Waals surface area contributed by atoms with Crippen LogP contribution in [0.1, 0.15) is 15.9 Å². The van der Waals surface area contributed by atoms with Crippen LogP contribution in [0.15, 0.2) is 29.8 Å². The van der Waals surface area contributed by atoms with Gasteiger partial charge in [-0.25, -0.2) is 4.79 Å². The summed E-state index contributed by atoms with van der Waals surface area (Å²) in [5, 5.41) is 11.6. The second-order valence-electron chi connectivity index (χ2n) is 4.03. The van der Waals surface area contributed by atoms with E-state index in [4.69, 9.17) is 10.00 Å². The number of carbonyl (C=O) groups is 2. The van der Waals surface area contributed by atoms with E-state index in [1.165, 1.54) is 20.3 Å². The van der Waals surface area contributed by atoms with Gasteiger partial charge in [-0.2, -0.15) is 5.26 Å². The lowest BCUT2D eigenvalue weighted by atomic mass is 10.1. The Morgan fingerprint density at radius 1 is 1.29 bits per heavy atom. The maximum absolute atomic E-state index is 11.7. The van der Waals surface area contributed by atoms with Gasteiger partial charge in [-0.05, 0) is 23.8 Å². The highest BCUT2D eigenvalue weighted by atomic mass is 16.5. The highest BCUT2D eigenvalue weighted by molar-refractivity contribution is 6.01. The van der Waals surface area contributed by atoms with Crippen LogP contribution >= 0.6 is 0 Å². The second kappa shape index (κ2) is 8.51. The third-order valence-electron chi connectivity index (χ3n) is 2.60. The summed E-state index contributed by atoms with van der Waals surface area (Å²) in [5.41, 5.74) is 1.02. The van der Waals surface area contributed by atoms with Crippen molar-refractivity contribution in [1.82, 2.24) is 5.32 Å². The molecule has 0 unspecified atom stereocenters. The molecule has 0 heterocycles. The molecule has 0 radical (unpaired) electrons. The summed E-state index contributed by atoms with van der Waals surface area (Å²) in [6.45, 7) is 0.702. The fourth-order valence-electron chi connectivity index (χ4n) is 1.51. The van der Waals surface area contributed by atoms with E-state index in [0.717, 1.165) is 0 Å². The summed E-state index contributed by atoms with van der Waals surface area (Å²) in [6.07, 6.45) is 1.45. The third kappa shape index (κ3) is 5.09. The molecule has 0 atom stereocenters. The maximum atomic E-state index is 11.7. The summed E-state index contributed by atoms with van der Waals surface area (Å²) in [5.74, 6) is -0.907. The van der Waals surface area contributed by atoms with Crippen molar-refractivity contribution in [1.29, 1.82) is 5.26 Å². The molecule has 6 heteroatoms. The number of ether oxygens (including phenoxy) is 2. The first kappa shape index (κ1) is 16.4. The number of hydrogen-bond acceptors (Lipinski definition) is 5. The van der Waals surface area contributed by atoms with Crippen LogP contribution in [-0.4, -0.2) is 39.2 Å². The van der Waals surface area contributed by atoms with Gasteiger partial charge in [0.05, 0.1) is 19.3 Å². The minimum absolute atomic E-state index is 0.0167. The van der Waals surface area contributed by atoms with Crippen LogP contribution in [0, 0.1) is 11.3 Å². The molecule has 1 aromatic carbocycles. The molecule has 110 valence electrons. The molecule has 0 aliphatic carbocycles. The number of methoxy groups -OCH3 is 2. The number of hydrogen-bond donors (Lipinski definition) is 1. The normalized spacial score (nSPS) is 10.6. The van der Waals surface area contributed by atoms with Crippen LogP contribution < -0.4 is 5.32 Å². The van der Waals surface area contributed by atoms with Crippen molar-refractivity contribution in [2.75, 3.05) is 27.4 Å². The number of rotatable bonds is 6. The van der Waals surface area contributed by atoms with Crippen LogP contribution in [0.2, 0.25) is 0 Å². The molecule has 0 aromatic heterocycles. The number of nitrogens with one attached hydrogen (secondary N) is 1. The Bertz CT molecular complexity index is 570. The Morgan fingerprint density at radius 3 is 2.48 bits per heavy atom. The van der Waals surface area contributed by atoms with E-state index in [1.54, 1.807) is 24.3 Å². The molecule has 0 bridgehead atoms. The zero-order valence-electron chi connectivity index (χ0n) is 11.9. The van der Waals surface area contributed by atoms with E-state index >= 15 is 0 Å². The summed E-state index contributed by atoms with van der Waals surface area (Å²) in [6, 6.07) is 8.23. The molecule has 0 saturated carbocycles. The molecule has 0 aliphatic rings. The van der Waals surface area contributed by atoms with Gasteiger partial charge in [-0.15, -0.1) is 0 Å². The first-order valence-corrected chi connectivity index (χ1v) is 6.19. The predicted octanol–water partition coefficient (Wildman–Crippen LogP) is 1.14. The average Bonchev–Trinajstić information content (AvgIpc) is 2.52. The molecular weight excluding hydrogens is 272 g/mol. The third-order valence-corrected chi connectivity index (χ3v) is 2.60. The van der Waals surface area contributed by atoms with E-state index in [0.29, 0.717) is 24.3 Å². The Kier molecular flexibility index (Phi) is 6.65. The Labute approximate surface area is 123 Å². The van der Waals surface area contributed by atoms with Crippen molar-refractivity contribution in [2.45, 2.75) is 0 Å². The van der Waals surface area contributed by atoms with E-state index in [-0.39, 0.29) is 5.57 Å².